The van der Waals surface area contributed by atoms with Crippen LogP contribution in [0.5, 0.6) is 5.88 Å². The van der Waals surface area contributed by atoms with Crippen molar-refractivity contribution >= 4 is 0 Å². The minimum absolute atomic E-state index is 0.0476. The molecule has 3 rings (SSSR count). The number of hydrogen-bond donors (Lipinski definition) is 0. The highest BCUT2D eigenvalue weighted by Crippen LogP contribution is 2.32. The topological polar surface area (TPSA) is 45.9 Å². The minimum atomic E-state index is 0.0476. The summed E-state index contributed by atoms with van der Waals surface area (Å²) in [4.78, 5) is 4.17. The number of ether oxygens (including phenoxy) is 1. The fraction of sp³-hybridized carbons (Fsp3) is 0.250. The van der Waals surface area contributed by atoms with Gasteiger partial charge in [-0.2, -0.15) is 5.26 Å². The van der Waals surface area contributed by atoms with Crippen LogP contribution in [0.1, 0.15) is 35.8 Å². The molecule has 0 fully saturated rings. The van der Waals surface area contributed by atoms with Gasteiger partial charge in [-0.25, -0.2) is 4.98 Å². The first-order chi connectivity index (χ1) is 9.36. The molecule has 1 unspecified atom stereocenters. The number of fused-ring (bicyclic) bond motifs is 1. The van der Waals surface area contributed by atoms with Crippen LogP contribution < -0.4 is 4.74 Å². The molecule has 1 aliphatic rings. The predicted octanol–water partition coefficient (Wildman–Crippen LogP) is 3.41. The molecule has 1 aliphatic carbocycles. The molecule has 0 spiro atoms. The first-order valence-electron chi connectivity index (χ1n) is 6.48. The molecule has 0 amide bonds. The van der Waals surface area contributed by atoms with Crippen LogP contribution in [0.15, 0.2) is 42.5 Å². The van der Waals surface area contributed by atoms with E-state index in [-0.39, 0.29) is 6.10 Å². The highest BCUT2D eigenvalue weighted by atomic mass is 16.5. The monoisotopic (exact) mass is 250 g/mol. The molecule has 0 radical (unpaired) electrons. The molecule has 0 saturated heterocycles. The first-order valence-corrected chi connectivity index (χ1v) is 6.48. The molecular weight excluding hydrogens is 236 g/mol. The standard InChI is InChI=1S/C16H14N2O/c17-11-13-7-4-10-16(18-13)19-15-9-3-6-12-5-1-2-8-14(12)15/h1-2,4-5,7-8,10,15H,3,6,9H2. The molecule has 1 atom stereocenters. The second-order valence-electron chi connectivity index (χ2n) is 4.67. The summed E-state index contributed by atoms with van der Waals surface area (Å²) in [6.07, 6.45) is 3.28. The molecular formula is C16H14N2O. The third-order valence-electron chi connectivity index (χ3n) is 3.42. The Balaban J connectivity index is 1.86. The summed E-state index contributed by atoms with van der Waals surface area (Å²) in [5, 5.41) is 8.86. The number of aromatic nitrogens is 1. The maximum absolute atomic E-state index is 8.86. The van der Waals surface area contributed by atoms with E-state index in [1.54, 1.807) is 18.2 Å². The Kier molecular flexibility index (Phi) is 3.16. The van der Waals surface area contributed by atoms with Crippen LogP contribution in [0.4, 0.5) is 0 Å². The molecule has 0 saturated carbocycles. The number of aryl methyl sites for hydroxylation is 1. The van der Waals surface area contributed by atoms with E-state index >= 15 is 0 Å². The Morgan fingerprint density at radius 3 is 2.95 bits per heavy atom. The largest absolute Gasteiger partial charge is 0.469 e. The molecule has 0 bridgehead atoms. The Morgan fingerprint density at radius 2 is 2.05 bits per heavy atom. The van der Waals surface area contributed by atoms with Crippen molar-refractivity contribution in [2.75, 3.05) is 0 Å². The summed E-state index contributed by atoms with van der Waals surface area (Å²) in [6, 6.07) is 15.7. The van der Waals surface area contributed by atoms with Crippen LogP contribution >= 0.6 is 0 Å². The number of nitriles is 1. The molecule has 1 heterocycles. The van der Waals surface area contributed by atoms with Crippen molar-refractivity contribution in [2.24, 2.45) is 0 Å². The van der Waals surface area contributed by atoms with Crippen LogP contribution in [0.2, 0.25) is 0 Å². The predicted molar refractivity (Wildman–Crippen MR) is 71.7 cm³/mol. The normalized spacial score (nSPS) is 17.3. The van der Waals surface area contributed by atoms with Crippen LogP contribution in [-0.2, 0) is 6.42 Å². The van der Waals surface area contributed by atoms with Crippen LogP contribution in [0.25, 0.3) is 0 Å². The van der Waals surface area contributed by atoms with Crippen LogP contribution in [-0.4, -0.2) is 4.98 Å². The summed E-state index contributed by atoms with van der Waals surface area (Å²) in [5.41, 5.74) is 3.00. The lowest BCUT2D eigenvalue weighted by molar-refractivity contribution is 0.175. The molecule has 2 aromatic rings. The zero-order valence-corrected chi connectivity index (χ0v) is 10.5. The second kappa shape index (κ2) is 5.11. The number of nitrogens with zero attached hydrogens (tertiary/aromatic N) is 2. The Morgan fingerprint density at radius 1 is 1.16 bits per heavy atom. The second-order valence-corrected chi connectivity index (χ2v) is 4.67. The van der Waals surface area contributed by atoms with Gasteiger partial charge in [0, 0.05) is 6.07 Å². The van der Waals surface area contributed by atoms with Gasteiger partial charge in [0.15, 0.2) is 0 Å². The molecule has 3 nitrogen and oxygen atoms in total. The van der Waals surface area contributed by atoms with Crippen molar-refractivity contribution in [3.05, 3.63) is 59.3 Å². The number of benzene rings is 1. The van der Waals surface area contributed by atoms with Crippen molar-refractivity contribution in [3.8, 4) is 11.9 Å². The van der Waals surface area contributed by atoms with Crippen molar-refractivity contribution in [2.45, 2.75) is 25.4 Å². The van der Waals surface area contributed by atoms with Gasteiger partial charge in [0.1, 0.15) is 17.9 Å². The zero-order chi connectivity index (χ0) is 13.1. The fourth-order valence-corrected chi connectivity index (χ4v) is 2.52. The third-order valence-corrected chi connectivity index (χ3v) is 3.42. The van der Waals surface area contributed by atoms with Crippen molar-refractivity contribution < 1.29 is 4.74 Å². The van der Waals surface area contributed by atoms with E-state index in [4.69, 9.17) is 10.00 Å². The smallest absolute Gasteiger partial charge is 0.215 e. The molecule has 1 aromatic heterocycles. The van der Waals surface area contributed by atoms with Crippen LogP contribution in [0, 0.1) is 11.3 Å². The van der Waals surface area contributed by atoms with Crippen molar-refractivity contribution in [3.63, 3.8) is 0 Å². The SMILES string of the molecule is N#Cc1cccc(OC2CCCc3ccccc32)n1. The molecule has 3 heteroatoms. The third kappa shape index (κ3) is 2.43. The average Bonchev–Trinajstić information content (AvgIpc) is 2.48. The van der Waals surface area contributed by atoms with Gasteiger partial charge in [0.2, 0.25) is 5.88 Å². The zero-order valence-electron chi connectivity index (χ0n) is 10.5. The average molecular weight is 250 g/mol. The molecule has 19 heavy (non-hydrogen) atoms. The number of hydrogen-bond acceptors (Lipinski definition) is 3. The summed E-state index contributed by atoms with van der Waals surface area (Å²) >= 11 is 0. The van der Waals surface area contributed by atoms with Gasteiger partial charge < -0.3 is 4.74 Å². The van der Waals surface area contributed by atoms with E-state index in [0.29, 0.717) is 11.6 Å². The molecule has 0 N–H and O–H groups in total. The van der Waals surface area contributed by atoms with Crippen LogP contribution in [0.3, 0.4) is 0 Å². The van der Waals surface area contributed by atoms with E-state index in [9.17, 15) is 0 Å². The molecule has 94 valence electrons. The van der Waals surface area contributed by atoms with E-state index in [1.165, 1.54) is 11.1 Å². The van der Waals surface area contributed by atoms with Gasteiger partial charge in [0.25, 0.3) is 0 Å². The van der Waals surface area contributed by atoms with Gasteiger partial charge >= 0.3 is 0 Å². The quantitative estimate of drug-likeness (QED) is 0.820. The summed E-state index contributed by atoms with van der Waals surface area (Å²) < 4.78 is 5.96. The number of rotatable bonds is 2. The number of pyridine rings is 1. The lowest BCUT2D eigenvalue weighted by atomic mass is 9.89. The maximum Gasteiger partial charge on any atom is 0.215 e. The summed E-state index contributed by atoms with van der Waals surface area (Å²) in [5.74, 6) is 0.528. The fourth-order valence-electron chi connectivity index (χ4n) is 2.52. The first kappa shape index (κ1) is 11.7. The Bertz CT molecular complexity index is 631. The van der Waals surface area contributed by atoms with Gasteiger partial charge in [-0.15, -0.1) is 0 Å². The van der Waals surface area contributed by atoms with Gasteiger partial charge in [-0.1, -0.05) is 30.3 Å². The highest BCUT2D eigenvalue weighted by Gasteiger charge is 2.21. The van der Waals surface area contributed by atoms with E-state index in [2.05, 4.69) is 23.2 Å². The maximum atomic E-state index is 8.86. The lowest BCUT2D eigenvalue weighted by Gasteiger charge is -2.25. The Hall–Kier alpha value is -2.34. The van der Waals surface area contributed by atoms with E-state index < -0.39 is 0 Å². The van der Waals surface area contributed by atoms with Crippen molar-refractivity contribution in [1.82, 2.24) is 4.98 Å². The molecule has 1 aromatic carbocycles. The summed E-state index contributed by atoms with van der Waals surface area (Å²) in [7, 11) is 0. The van der Waals surface area contributed by atoms with E-state index in [0.717, 1.165) is 19.3 Å². The van der Waals surface area contributed by atoms with Crippen molar-refractivity contribution in [1.29, 1.82) is 5.26 Å². The Labute approximate surface area is 112 Å². The lowest BCUT2D eigenvalue weighted by Crippen LogP contribution is -2.15. The van der Waals surface area contributed by atoms with E-state index in [1.807, 2.05) is 12.1 Å². The van der Waals surface area contributed by atoms with Gasteiger partial charge in [-0.3, -0.25) is 0 Å². The minimum Gasteiger partial charge on any atom is -0.469 e. The molecule has 0 aliphatic heterocycles. The van der Waals surface area contributed by atoms with Gasteiger partial charge in [-0.05, 0) is 36.5 Å². The highest BCUT2D eigenvalue weighted by molar-refractivity contribution is 5.32. The van der Waals surface area contributed by atoms with Gasteiger partial charge in [0.05, 0.1) is 0 Å². The summed E-state index contributed by atoms with van der Waals surface area (Å²) in [6.45, 7) is 0.